The second kappa shape index (κ2) is 8.86. The SMILES string of the molecule is Cc1nc2c(s1)CCN(C(=O)Cn1nc(-c3ccc(F)c(C)c3)nc1-c1ccccc1)CC2. The van der Waals surface area contributed by atoms with Crippen LogP contribution in [0.2, 0.25) is 0 Å². The third kappa shape index (κ3) is 4.43. The van der Waals surface area contributed by atoms with Crippen LogP contribution in [0.4, 0.5) is 4.39 Å². The molecule has 1 amide bonds. The summed E-state index contributed by atoms with van der Waals surface area (Å²) in [6.07, 6.45) is 1.60. The van der Waals surface area contributed by atoms with Gasteiger partial charge in [-0.15, -0.1) is 16.4 Å². The van der Waals surface area contributed by atoms with Crippen LogP contribution in [-0.2, 0) is 24.2 Å². The molecule has 6 nitrogen and oxygen atoms in total. The molecule has 0 saturated heterocycles. The van der Waals surface area contributed by atoms with E-state index in [1.165, 1.54) is 10.9 Å². The Balaban J connectivity index is 1.42. The van der Waals surface area contributed by atoms with Crippen LogP contribution in [0.5, 0.6) is 0 Å². The fourth-order valence-corrected chi connectivity index (χ4v) is 5.10. The predicted molar refractivity (Wildman–Crippen MR) is 126 cm³/mol. The summed E-state index contributed by atoms with van der Waals surface area (Å²) in [6, 6.07) is 14.5. The lowest BCUT2D eigenvalue weighted by Crippen LogP contribution is -2.36. The Morgan fingerprint density at radius 1 is 1.03 bits per heavy atom. The summed E-state index contributed by atoms with van der Waals surface area (Å²) < 4.78 is 15.4. The van der Waals surface area contributed by atoms with Gasteiger partial charge in [-0.1, -0.05) is 30.3 Å². The summed E-state index contributed by atoms with van der Waals surface area (Å²) in [5.74, 6) is 0.830. The second-order valence-electron chi connectivity index (χ2n) is 8.23. The van der Waals surface area contributed by atoms with Gasteiger partial charge in [0.25, 0.3) is 0 Å². The van der Waals surface area contributed by atoms with Crippen molar-refractivity contribution in [3.63, 3.8) is 0 Å². The molecular formula is C25H24FN5OS. The molecule has 8 heteroatoms. The Labute approximate surface area is 195 Å². The largest absolute Gasteiger partial charge is 0.340 e. The first-order chi connectivity index (χ1) is 16.0. The fourth-order valence-electron chi connectivity index (χ4n) is 4.13. The molecule has 0 spiro atoms. The summed E-state index contributed by atoms with van der Waals surface area (Å²) >= 11 is 1.72. The lowest BCUT2D eigenvalue weighted by Gasteiger charge is -2.20. The van der Waals surface area contributed by atoms with Gasteiger partial charge in [-0.05, 0) is 37.6 Å². The zero-order valence-electron chi connectivity index (χ0n) is 18.6. The Morgan fingerprint density at radius 3 is 2.61 bits per heavy atom. The van der Waals surface area contributed by atoms with Crippen LogP contribution < -0.4 is 0 Å². The van der Waals surface area contributed by atoms with E-state index in [4.69, 9.17) is 4.98 Å². The lowest BCUT2D eigenvalue weighted by atomic mass is 10.1. The molecule has 3 heterocycles. The molecule has 33 heavy (non-hydrogen) atoms. The minimum absolute atomic E-state index is 0.00536. The Hall–Kier alpha value is -3.39. The minimum Gasteiger partial charge on any atom is -0.340 e. The normalized spacial score (nSPS) is 13.6. The first-order valence-corrected chi connectivity index (χ1v) is 11.8. The number of carbonyl (C=O) groups excluding carboxylic acids is 1. The van der Waals surface area contributed by atoms with Gasteiger partial charge >= 0.3 is 0 Å². The maximum atomic E-state index is 13.8. The average molecular weight is 462 g/mol. The second-order valence-corrected chi connectivity index (χ2v) is 9.52. The van der Waals surface area contributed by atoms with Crippen molar-refractivity contribution in [2.24, 2.45) is 0 Å². The number of amides is 1. The number of benzene rings is 2. The molecule has 0 unspecified atom stereocenters. The van der Waals surface area contributed by atoms with Crippen LogP contribution in [0.15, 0.2) is 48.5 Å². The van der Waals surface area contributed by atoms with Crippen LogP contribution in [0.3, 0.4) is 0 Å². The van der Waals surface area contributed by atoms with Crippen molar-refractivity contribution < 1.29 is 9.18 Å². The third-order valence-corrected chi connectivity index (χ3v) is 6.94. The van der Waals surface area contributed by atoms with Gasteiger partial charge in [-0.3, -0.25) is 4.79 Å². The minimum atomic E-state index is -0.268. The highest BCUT2D eigenvalue weighted by atomic mass is 32.1. The number of halogens is 1. The average Bonchev–Trinajstić information content (AvgIpc) is 3.33. The zero-order chi connectivity index (χ0) is 22.9. The van der Waals surface area contributed by atoms with Gasteiger partial charge in [0, 0.05) is 41.9 Å². The van der Waals surface area contributed by atoms with E-state index in [2.05, 4.69) is 10.1 Å². The molecule has 0 radical (unpaired) electrons. The van der Waals surface area contributed by atoms with Gasteiger partial charge in [0.1, 0.15) is 12.4 Å². The Bertz CT molecular complexity index is 1290. The van der Waals surface area contributed by atoms with E-state index < -0.39 is 0 Å². The molecule has 0 saturated carbocycles. The van der Waals surface area contributed by atoms with E-state index in [0.717, 1.165) is 34.7 Å². The van der Waals surface area contributed by atoms with E-state index in [-0.39, 0.29) is 18.3 Å². The number of aromatic nitrogens is 4. The van der Waals surface area contributed by atoms with Crippen molar-refractivity contribution in [1.29, 1.82) is 0 Å². The molecular weight excluding hydrogens is 437 g/mol. The number of aryl methyl sites for hydroxylation is 2. The van der Waals surface area contributed by atoms with Gasteiger partial charge in [-0.25, -0.2) is 19.0 Å². The Morgan fingerprint density at radius 2 is 1.82 bits per heavy atom. The quantitative estimate of drug-likeness (QED) is 0.450. The monoisotopic (exact) mass is 461 g/mol. The predicted octanol–water partition coefficient (Wildman–Crippen LogP) is 4.45. The van der Waals surface area contributed by atoms with Gasteiger partial charge in [0.15, 0.2) is 11.6 Å². The Kier molecular flexibility index (Phi) is 5.76. The summed E-state index contributed by atoms with van der Waals surface area (Å²) in [4.78, 5) is 25.8. The smallest absolute Gasteiger partial charge is 0.244 e. The summed E-state index contributed by atoms with van der Waals surface area (Å²) in [6.45, 7) is 5.16. The highest BCUT2D eigenvalue weighted by Crippen LogP contribution is 2.25. The summed E-state index contributed by atoms with van der Waals surface area (Å²) in [5.41, 5.74) is 3.24. The van der Waals surface area contributed by atoms with Crippen LogP contribution in [0, 0.1) is 19.7 Å². The molecule has 0 atom stereocenters. The van der Waals surface area contributed by atoms with E-state index in [1.807, 2.05) is 42.2 Å². The number of fused-ring (bicyclic) bond motifs is 1. The number of thiazole rings is 1. The number of nitrogens with zero attached hydrogens (tertiary/aromatic N) is 5. The third-order valence-electron chi connectivity index (χ3n) is 5.87. The zero-order valence-corrected chi connectivity index (χ0v) is 19.4. The summed E-state index contributed by atoms with van der Waals surface area (Å²) in [5, 5.41) is 5.73. The van der Waals surface area contributed by atoms with Gasteiger partial charge in [-0.2, -0.15) is 0 Å². The van der Waals surface area contributed by atoms with Crippen molar-refractivity contribution in [2.45, 2.75) is 33.2 Å². The lowest BCUT2D eigenvalue weighted by molar-refractivity contribution is -0.131. The van der Waals surface area contributed by atoms with Crippen molar-refractivity contribution in [3.05, 3.63) is 75.5 Å². The van der Waals surface area contributed by atoms with Crippen LogP contribution in [0.25, 0.3) is 22.8 Å². The molecule has 2 aromatic heterocycles. The van der Waals surface area contributed by atoms with E-state index in [1.54, 1.807) is 35.1 Å². The highest BCUT2D eigenvalue weighted by Gasteiger charge is 2.23. The van der Waals surface area contributed by atoms with Gasteiger partial charge in [0.05, 0.1) is 10.7 Å². The molecule has 0 fully saturated rings. The molecule has 1 aliphatic heterocycles. The maximum absolute atomic E-state index is 13.8. The molecule has 0 N–H and O–H groups in total. The molecule has 2 aromatic carbocycles. The van der Waals surface area contributed by atoms with Crippen LogP contribution >= 0.6 is 11.3 Å². The summed E-state index contributed by atoms with van der Waals surface area (Å²) in [7, 11) is 0. The van der Waals surface area contributed by atoms with Crippen molar-refractivity contribution in [2.75, 3.05) is 13.1 Å². The van der Waals surface area contributed by atoms with E-state index >= 15 is 0 Å². The number of hydrogen-bond acceptors (Lipinski definition) is 5. The van der Waals surface area contributed by atoms with Crippen molar-refractivity contribution in [3.8, 4) is 22.8 Å². The standard InChI is InChI=1S/C25H24FN5OS/c1-16-14-19(8-9-20(16)26)24-28-25(18-6-4-3-5-7-18)31(29-24)15-23(32)30-12-10-21-22(11-13-30)33-17(2)27-21/h3-9,14H,10-13,15H2,1-2H3. The van der Waals surface area contributed by atoms with Gasteiger partial charge < -0.3 is 4.90 Å². The van der Waals surface area contributed by atoms with Crippen LogP contribution in [0.1, 0.15) is 21.1 Å². The molecule has 0 aliphatic carbocycles. The highest BCUT2D eigenvalue weighted by molar-refractivity contribution is 7.11. The number of rotatable bonds is 4. The first kappa shape index (κ1) is 21.5. The molecule has 0 bridgehead atoms. The number of carbonyl (C=O) groups is 1. The molecule has 4 aromatic rings. The van der Waals surface area contributed by atoms with E-state index in [9.17, 15) is 9.18 Å². The fraction of sp³-hybridized carbons (Fsp3) is 0.280. The molecule has 5 rings (SSSR count). The molecule has 1 aliphatic rings. The maximum Gasteiger partial charge on any atom is 0.244 e. The van der Waals surface area contributed by atoms with Crippen molar-refractivity contribution in [1.82, 2.24) is 24.6 Å². The van der Waals surface area contributed by atoms with Gasteiger partial charge in [0.2, 0.25) is 5.91 Å². The number of hydrogen-bond donors (Lipinski definition) is 0. The molecule has 168 valence electrons. The van der Waals surface area contributed by atoms with Crippen molar-refractivity contribution >= 4 is 17.2 Å². The topological polar surface area (TPSA) is 63.9 Å². The first-order valence-electron chi connectivity index (χ1n) is 11.0. The van der Waals surface area contributed by atoms with Crippen LogP contribution in [-0.4, -0.2) is 43.6 Å². The van der Waals surface area contributed by atoms with E-state index in [0.29, 0.717) is 30.3 Å².